The van der Waals surface area contributed by atoms with Crippen molar-refractivity contribution in [2.75, 3.05) is 6.54 Å². The number of hydrogen-bond donors (Lipinski definition) is 1. The van der Waals surface area contributed by atoms with E-state index in [-0.39, 0.29) is 5.91 Å². The van der Waals surface area contributed by atoms with Crippen molar-refractivity contribution in [3.8, 4) is 0 Å². The smallest absolute Gasteiger partial charge is 0.254 e. The number of nitrogens with zero attached hydrogens (tertiary/aromatic N) is 3. The minimum absolute atomic E-state index is 0.0621. The lowest BCUT2D eigenvalue weighted by molar-refractivity contribution is 0.0734. The number of rotatable bonds is 1. The van der Waals surface area contributed by atoms with Gasteiger partial charge in [0.25, 0.3) is 5.91 Å². The minimum atomic E-state index is 0.0621. The van der Waals surface area contributed by atoms with Crippen LogP contribution in [0.2, 0.25) is 0 Å². The van der Waals surface area contributed by atoms with Gasteiger partial charge in [0.15, 0.2) is 0 Å². The van der Waals surface area contributed by atoms with E-state index in [9.17, 15) is 4.79 Å². The summed E-state index contributed by atoms with van der Waals surface area (Å²) >= 11 is 0. The van der Waals surface area contributed by atoms with E-state index in [0.29, 0.717) is 13.1 Å². The standard InChI is InChI=1S/C16H14N4O/c21-16(20-7-5-14-15(9-20)19-10-18-14)13-3-1-2-11-8-17-6-4-12(11)13/h1-4,6,8,10H,5,7,9H2,(H,18,19). The van der Waals surface area contributed by atoms with E-state index >= 15 is 0 Å². The van der Waals surface area contributed by atoms with Crippen LogP contribution in [0.25, 0.3) is 10.8 Å². The van der Waals surface area contributed by atoms with Crippen molar-refractivity contribution in [2.24, 2.45) is 0 Å². The lowest BCUT2D eigenvalue weighted by Gasteiger charge is -2.26. The molecule has 1 aliphatic rings. The van der Waals surface area contributed by atoms with Crippen molar-refractivity contribution in [1.29, 1.82) is 0 Å². The number of pyridine rings is 1. The third-order valence-electron chi connectivity index (χ3n) is 3.97. The Labute approximate surface area is 121 Å². The Balaban J connectivity index is 1.71. The molecule has 0 spiro atoms. The third kappa shape index (κ3) is 1.98. The lowest BCUT2D eigenvalue weighted by Crippen LogP contribution is -2.36. The van der Waals surface area contributed by atoms with Gasteiger partial charge < -0.3 is 9.88 Å². The highest BCUT2D eigenvalue weighted by Crippen LogP contribution is 2.22. The molecule has 5 heteroatoms. The van der Waals surface area contributed by atoms with Crippen molar-refractivity contribution in [1.82, 2.24) is 19.9 Å². The van der Waals surface area contributed by atoms with Crippen molar-refractivity contribution >= 4 is 16.7 Å². The van der Waals surface area contributed by atoms with E-state index in [0.717, 1.165) is 34.1 Å². The number of hydrogen-bond acceptors (Lipinski definition) is 3. The third-order valence-corrected chi connectivity index (χ3v) is 3.97. The molecule has 4 rings (SSSR count). The zero-order valence-electron chi connectivity index (χ0n) is 11.4. The Morgan fingerprint density at radius 1 is 1.29 bits per heavy atom. The maximum absolute atomic E-state index is 12.8. The Morgan fingerprint density at radius 3 is 3.19 bits per heavy atom. The first kappa shape index (κ1) is 12.1. The summed E-state index contributed by atoms with van der Waals surface area (Å²) in [6.07, 6.45) is 6.01. The molecule has 5 nitrogen and oxygen atoms in total. The SMILES string of the molecule is O=C(c1cccc2cnccc12)N1CCc2nc[nH]c2C1. The fourth-order valence-electron chi connectivity index (χ4n) is 2.87. The van der Waals surface area contributed by atoms with Crippen LogP contribution in [0.15, 0.2) is 43.0 Å². The molecule has 0 saturated carbocycles. The highest BCUT2D eigenvalue weighted by atomic mass is 16.2. The number of H-pyrrole nitrogens is 1. The Morgan fingerprint density at radius 2 is 2.24 bits per heavy atom. The molecule has 0 radical (unpaired) electrons. The molecule has 3 aromatic rings. The number of nitrogens with one attached hydrogen (secondary N) is 1. The Bertz CT molecular complexity index is 819. The highest BCUT2D eigenvalue weighted by Gasteiger charge is 2.24. The van der Waals surface area contributed by atoms with Gasteiger partial charge in [-0.3, -0.25) is 9.78 Å². The summed E-state index contributed by atoms with van der Waals surface area (Å²) < 4.78 is 0. The van der Waals surface area contributed by atoms with Crippen molar-refractivity contribution in [3.63, 3.8) is 0 Å². The molecule has 0 bridgehead atoms. The van der Waals surface area contributed by atoms with Crippen LogP contribution in [0.5, 0.6) is 0 Å². The first-order valence-corrected chi connectivity index (χ1v) is 6.96. The summed E-state index contributed by atoms with van der Waals surface area (Å²) in [5, 5.41) is 1.94. The topological polar surface area (TPSA) is 61.9 Å². The van der Waals surface area contributed by atoms with Gasteiger partial charge in [-0.2, -0.15) is 0 Å². The van der Waals surface area contributed by atoms with Gasteiger partial charge in [-0.15, -0.1) is 0 Å². The molecule has 0 fully saturated rings. The molecule has 1 amide bonds. The summed E-state index contributed by atoms with van der Waals surface area (Å²) in [6, 6.07) is 7.66. The van der Waals surface area contributed by atoms with Crippen LogP contribution in [0, 0.1) is 0 Å². The second-order valence-electron chi connectivity index (χ2n) is 5.21. The highest BCUT2D eigenvalue weighted by molar-refractivity contribution is 6.06. The van der Waals surface area contributed by atoms with Gasteiger partial charge >= 0.3 is 0 Å². The van der Waals surface area contributed by atoms with Gasteiger partial charge in [0, 0.05) is 36.3 Å². The quantitative estimate of drug-likeness (QED) is 0.742. The maximum atomic E-state index is 12.8. The predicted octanol–water partition coefficient (Wildman–Crippen LogP) is 2.16. The van der Waals surface area contributed by atoms with Crippen LogP contribution >= 0.6 is 0 Å². The normalized spacial score (nSPS) is 14.2. The van der Waals surface area contributed by atoms with Gasteiger partial charge in [-0.25, -0.2) is 4.98 Å². The fraction of sp³-hybridized carbons (Fsp3) is 0.188. The second-order valence-corrected chi connectivity index (χ2v) is 5.21. The average molecular weight is 278 g/mol. The molecule has 21 heavy (non-hydrogen) atoms. The Hall–Kier alpha value is -2.69. The van der Waals surface area contributed by atoms with E-state index in [4.69, 9.17) is 0 Å². The number of aromatic nitrogens is 3. The summed E-state index contributed by atoms with van der Waals surface area (Å²) in [5.41, 5.74) is 2.84. The van der Waals surface area contributed by atoms with Gasteiger partial charge in [0.1, 0.15) is 0 Å². The zero-order valence-corrected chi connectivity index (χ0v) is 11.4. The molecule has 0 aliphatic carbocycles. The first-order valence-electron chi connectivity index (χ1n) is 6.96. The fourth-order valence-corrected chi connectivity index (χ4v) is 2.87. The van der Waals surface area contributed by atoms with Crippen molar-refractivity contribution < 1.29 is 4.79 Å². The minimum Gasteiger partial charge on any atom is -0.347 e. The molecule has 1 aliphatic heterocycles. The number of carbonyl (C=O) groups excluding carboxylic acids is 1. The molecule has 1 N–H and O–H groups in total. The first-order chi connectivity index (χ1) is 10.3. The predicted molar refractivity (Wildman–Crippen MR) is 78.8 cm³/mol. The molecule has 2 aromatic heterocycles. The van der Waals surface area contributed by atoms with Crippen LogP contribution in [0.3, 0.4) is 0 Å². The number of amides is 1. The van der Waals surface area contributed by atoms with Crippen LogP contribution < -0.4 is 0 Å². The lowest BCUT2D eigenvalue weighted by atomic mass is 10.0. The molecule has 1 aromatic carbocycles. The zero-order chi connectivity index (χ0) is 14.2. The van der Waals surface area contributed by atoms with Gasteiger partial charge in [-0.05, 0) is 17.5 Å². The summed E-state index contributed by atoms with van der Waals surface area (Å²) in [4.78, 5) is 26.2. The molecular weight excluding hydrogens is 264 g/mol. The average Bonchev–Trinajstić information content (AvgIpc) is 3.01. The van der Waals surface area contributed by atoms with Crippen LogP contribution in [-0.2, 0) is 13.0 Å². The van der Waals surface area contributed by atoms with Crippen LogP contribution in [0.4, 0.5) is 0 Å². The van der Waals surface area contributed by atoms with Crippen molar-refractivity contribution in [2.45, 2.75) is 13.0 Å². The molecule has 3 heterocycles. The molecule has 0 atom stereocenters. The Kier molecular flexibility index (Phi) is 2.70. The summed E-state index contributed by atoms with van der Waals surface area (Å²) in [6.45, 7) is 1.30. The summed E-state index contributed by atoms with van der Waals surface area (Å²) in [5.74, 6) is 0.0621. The van der Waals surface area contributed by atoms with Gasteiger partial charge in [-0.1, -0.05) is 12.1 Å². The number of imidazole rings is 1. The van der Waals surface area contributed by atoms with Crippen molar-refractivity contribution in [3.05, 3.63) is 59.9 Å². The van der Waals surface area contributed by atoms with E-state index in [1.165, 1.54) is 0 Å². The molecule has 0 saturated heterocycles. The molecule has 104 valence electrons. The summed E-state index contributed by atoms with van der Waals surface area (Å²) in [7, 11) is 0. The van der Waals surface area contributed by atoms with Crippen LogP contribution in [0.1, 0.15) is 21.7 Å². The molecular formula is C16H14N4O. The van der Waals surface area contributed by atoms with E-state index in [1.54, 1.807) is 18.7 Å². The van der Waals surface area contributed by atoms with Gasteiger partial charge in [0.2, 0.25) is 0 Å². The monoisotopic (exact) mass is 278 g/mol. The number of aromatic amines is 1. The largest absolute Gasteiger partial charge is 0.347 e. The maximum Gasteiger partial charge on any atom is 0.254 e. The van der Waals surface area contributed by atoms with E-state index in [2.05, 4.69) is 15.0 Å². The molecule has 0 unspecified atom stereocenters. The van der Waals surface area contributed by atoms with E-state index < -0.39 is 0 Å². The van der Waals surface area contributed by atoms with Crippen LogP contribution in [-0.4, -0.2) is 32.3 Å². The van der Waals surface area contributed by atoms with Gasteiger partial charge in [0.05, 0.1) is 24.3 Å². The number of carbonyl (C=O) groups is 1. The van der Waals surface area contributed by atoms with E-state index in [1.807, 2.05) is 29.2 Å². The second kappa shape index (κ2) is 4.70. The number of fused-ring (bicyclic) bond motifs is 2. The number of benzene rings is 1.